The van der Waals surface area contributed by atoms with Crippen molar-refractivity contribution in [3.05, 3.63) is 0 Å². The summed E-state index contributed by atoms with van der Waals surface area (Å²) in [5.41, 5.74) is -0.565. The van der Waals surface area contributed by atoms with E-state index in [0.717, 1.165) is 32.1 Å². The van der Waals surface area contributed by atoms with Crippen LogP contribution in [0.5, 0.6) is 0 Å². The normalized spacial score (nSPS) is 46.8. The molecule has 1 saturated heterocycles. The van der Waals surface area contributed by atoms with Crippen molar-refractivity contribution < 1.29 is 34.0 Å². The average molecular weight is 467 g/mol. The van der Waals surface area contributed by atoms with Gasteiger partial charge in [0, 0.05) is 12.5 Å². The first-order chi connectivity index (χ1) is 15.6. The predicted octanol–water partition coefficient (Wildman–Crippen LogP) is 3.10. The van der Waals surface area contributed by atoms with Crippen LogP contribution >= 0.6 is 0 Å². The highest BCUT2D eigenvalue weighted by Gasteiger charge is 2.63. The summed E-state index contributed by atoms with van der Waals surface area (Å²) in [4.78, 5) is 25.9. The zero-order chi connectivity index (χ0) is 24.1. The van der Waals surface area contributed by atoms with Gasteiger partial charge in [-0.1, -0.05) is 34.1 Å². The van der Waals surface area contributed by atoms with Crippen LogP contribution in [0.1, 0.15) is 72.6 Å². The van der Waals surface area contributed by atoms with Gasteiger partial charge in [0.05, 0.1) is 24.7 Å². The van der Waals surface area contributed by atoms with Crippen molar-refractivity contribution in [2.24, 2.45) is 40.4 Å². The van der Waals surface area contributed by atoms with Gasteiger partial charge >= 0.3 is 11.9 Å². The van der Waals surface area contributed by atoms with Crippen LogP contribution in [0.15, 0.2) is 0 Å². The molecule has 3 aliphatic carbocycles. The van der Waals surface area contributed by atoms with Crippen LogP contribution in [-0.4, -0.2) is 60.3 Å². The third-order valence-corrected chi connectivity index (χ3v) is 10.2. The summed E-state index contributed by atoms with van der Waals surface area (Å²) >= 11 is 0. The van der Waals surface area contributed by atoms with E-state index in [1.807, 2.05) is 13.8 Å². The number of aliphatic hydroxyl groups excluding tert-OH is 2. The van der Waals surface area contributed by atoms with Crippen molar-refractivity contribution in [3.8, 4) is 0 Å². The average Bonchev–Trinajstić information content (AvgIpc) is 3.05. The second-order valence-corrected chi connectivity index (χ2v) is 11.7. The van der Waals surface area contributed by atoms with Crippen molar-refractivity contribution >= 4 is 11.9 Å². The number of carbonyl (C=O) groups excluding carboxylic acids is 2. The first-order valence-corrected chi connectivity index (χ1v) is 12.8. The van der Waals surface area contributed by atoms with Crippen LogP contribution in [0.4, 0.5) is 0 Å². The SMILES string of the molecule is CC[C@H](C)[C@@H](OC)C(=O)O[C@H]1CC[C@H]2[C@@H]3COC(=O)[C@H]4C[C@H](O)[C@H](O)C[C@]4(C)[C@H]3CC[C@]12C. The molecular formula is C26H42O7. The van der Waals surface area contributed by atoms with Gasteiger partial charge < -0.3 is 24.4 Å². The number of methoxy groups -OCH3 is 1. The molecule has 2 N–H and O–H groups in total. The van der Waals surface area contributed by atoms with Crippen LogP contribution in [0, 0.1) is 40.4 Å². The van der Waals surface area contributed by atoms with Crippen molar-refractivity contribution in [2.45, 2.75) is 97.1 Å². The molecule has 4 rings (SSSR count). The Morgan fingerprint density at radius 3 is 2.52 bits per heavy atom. The maximum absolute atomic E-state index is 13.0. The maximum Gasteiger partial charge on any atom is 0.335 e. The third-order valence-electron chi connectivity index (χ3n) is 10.2. The Labute approximate surface area is 197 Å². The number of rotatable bonds is 5. The maximum atomic E-state index is 13.0. The topological polar surface area (TPSA) is 102 Å². The van der Waals surface area contributed by atoms with E-state index in [2.05, 4.69) is 13.8 Å². The summed E-state index contributed by atoms with van der Waals surface area (Å²) in [6.07, 6.45) is 2.66. The lowest BCUT2D eigenvalue weighted by Gasteiger charge is -2.55. The molecule has 0 aromatic heterocycles. The van der Waals surface area contributed by atoms with Gasteiger partial charge in [0.2, 0.25) is 0 Å². The molecule has 7 heteroatoms. The lowest BCUT2D eigenvalue weighted by Crippen LogP contribution is -2.55. The van der Waals surface area contributed by atoms with Gasteiger partial charge in [-0.15, -0.1) is 0 Å². The fourth-order valence-electron chi connectivity index (χ4n) is 7.92. The van der Waals surface area contributed by atoms with E-state index >= 15 is 0 Å². The Bertz CT molecular complexity index is 755. The zero-order valence-corrected chi connectivity index (χ0v) is 20.8. The molecule has 4 aliphatic rings. The summed E-state index contributed by atoms with van der Waals surface area (Å²) < 4.78 is 17.4. The van der Waals surface area contributed by atoms with Crippen LogP contribution in [0.2, 0.25) is 0 Å². The quantitative estimate of drug-likeness (QED) is 0.600. The second kappa shape index (κ2) is 9.12. The fraction of sp³-hybridized carbons (Fsp3) is 0.923. The summed E-state index contributed by atoms with van der Waals surface area (Å²) in [6, 6.07) is 0. The third kappa shape index (κ3) is 4.02. The molecule has 4 fully saturated rings. The molecule has 1 aliphatic heterocycles. The lowest BCUT2D eigenvalue weighted by atomic mass is 9.49. The van der Waals surface area contributed by atoms with Crippen molar-refractivity contribution in [1.82, 2.24) is 0 Å². The summed E-state index contributed by atoms with van der Waals surface area (Å²) in [5, 5.41) is 20.8. The van der Waals surface area contributed by atoms with Gasteiger partial charge in [-0.3, -0.25) is 4.79 Å². The summed E-state index contributed by atoms with van der Waals surface area (Å²) in [6.45, 7) is 8.76. The Kier molecular flexibility index (Phi) is 6.89. The Morgan fingerprint density at radius 2 is 1.85 bits per heavy atom. The predicted molar refractivity (Wildman–Crippen MR) is 121 cm³/mol. The smallest absolute Gasteiger partial charge is 0.335 e. The minimum Gasteiger partial charge on any atom is -0.465 e. The first-order valence-electron chi connectivity index (χ1n) is 12.8. The molecule has 11 atom stereocenters. The zero-order valence-electron chi connectivity index (χ0n) is 20.8. The molecule has 7 nitrogen and oxygen atoms in total. The van der Waals surface area contributed by atoms with Gasteiger partial charge in [0.1, 0.15) is 6.10 Å². The van der Waals surface area contributed by atoms with Gasteiger partial charge in [-0.25, -0.2) is 4.79 Å². The molecule has 0 aromatic carbocycles. The Morgan fingerprint density at radius 1 is 1.15 bits per heavy atom. The molecule has 0 spiro atoms. The summed E-state index contributed by atoms with van der Waals surface area (Å²) in [5.74, 6) is -0.123. The van der Waals surface area contributed by atoms with Gasteiger partial charge in [-0.2, -0.15) is 0 Å². The first kappa shape index (κ1) is 24.9. The summed E-state index contributed by atoms with van der Waals surface area (Å²) in [7, 11) is 1.56. The Hall–Kier alpha value is -1.18. The van der Waals surface area contributed by atoms with Gasteiger partial charge in [0.15, 0.2) is 6.10 Å². The van der Waals surface area contributed by atoms with Gasteiger partial charge in [-0.05, 0) is 67.6 Å². The highest BCUT2D eigenvalue weighted by molar-refractivity contribution is 5.75. The molecule has 0 aromatic rings. The molecule has 0 amide bonds. The van der Waals surface area contributed by atoms with E-state index in [4.69, 9.17) is 14.2 Å². The molecule has 1 heterocycles. The van der Waals surface area contributed by atoms with E-state index in [-0.39, 0.29) is 59.5 Å². The van der Waals surface area contributed by atoms with Crippen LogP contribution < -0.4 is 0 Å². The molecule has 33 heavy (non-hydrogen) atoms. The molecule has 0 bridgehead atoms. The van der Waals surface area contributed by atoms with E-state index < -0.39 is 23.7 Å². The standard InChI is InChI=1S/C26H42O7/c1-6-14(2)22(31-5)24(30)33-21-8-7-16-15-13-32-23(29)18-11-19(27)20(28)12-26(18,4)17(15)9-10-25(16,21)3/h14-22,27-28H,6-13H2,1-5H3/t14-,15-,16-,17-,18+,19-,20+,21-,22+,25-,26+/m0/s1. The number of ether oxygens (including phenoxy) is 3. The monoisotopic (exact) mass is 466 g/mol. The van der Waals surface area contributed by atoms with E-state index in [9.17, 15) is 19.8 Å². The Balaban J connectivity index is 1.56. The minimum absolute atomic E-state index is 0.0921. The number of hydrogen-bond donors (Lipinski definition) is 2. The number of hydrogen-bond acceptors (Lipinski definition) is 7. The number of fused-ring (bicyclic) bond motifs is 5. The van der Waals surface area contributed by atoms with Crippen LogP contribution in [0.3, 0.4) is 0 Å². The van der Waals surface area contributed by atoms with Crippen molar-refractivity contribution in [2.75, 3.05) is 13.7 Å². The van der Waals surface area contributed by atoms with Gasteiger partial charge in [0.25, 0.3) is 0 Å². The fourth-order valence-corrected chi connectivity index (χ4v) is 7.92. The van der Waals surface area contributed by atoms with Crippen LogP contribution in [-0.2, 0) is 23.8 Å². The largest absolute Gasteiger partial charge is 0.465 e. The highest BCUT2D eigenvalue weighted by atomic mass is 16.6. The number of esters is 2. The van der Waals surface area contributed by atoms with E-state index in [1.165, 1.54) is 0 Å². The van der Waals surface area contributed by atoms with Crippen molar-refractivity contribution in [1.29, 1.82) is 0 Å². The molecule has 0 unspecified atom stereocenters. The highest BCUT2D eigenvalue weighted by Crippen LogP contribution is 2.63. The lowest BCUT2D eigenvalue weighted by molar-refractivity contribution is -0.175. The molecule has 0 radical (unpaired) electrons. The number of cyclic esters (lactones) is 1. The second-order valence-electron chi connectivity index (χ2n) is 11.7. The molecular weight excluding hydrogens is 424 g/mol. The van der Waals surface area contributed by atoms with Crippen LogP contribution in [0.25, 0.3) is 0 Å². The minimum atomic E-state index is -0.879. The van der Waals surface area contributed by atoms with E-state index in [0.29, 0.717) is 13.0 Å². The molecule has 3 saturated carbocycles. The van der Waals surface area contributed by atoms with E-state index in [1.54, 1.807) is 7.11 Å². The number of aliphatic hydroxyl groups is 2. The van der Waals surface area contributed by atoms with Crippen molar-refractivity contribution in [3.63, 3.8) is 0 Å². The molecule has 188 valence electrons. The number of carbonyl (C=O) groups is 2.